The molecule has 1 aliphatic heterocycles. The lowest BCUT2D eigenvalue weighted by molar-refractivity contribution is -0.181. The first-order chi connectivity index (χ1) is 29.8. The third-order valence-electron chi connectivity index (χ3n) is 10.3. The molecular weight excluding hydrogens is 803 g/mol. The predicted molar refractivity (Wildman–Crippen MR) is 222 cm³/mol. The minimum absolute atomic E-state index is 0.0465. The first-order valence-electron chi connectivity index (χ1n) is 20.1. The molecule has 1 aliphatic rings. The van der Waals surface area contributed by atoms with Crippen LogP contribution in [0.4, 0.5) is 5.69 Å². The monoisotopic (exact) mass is 853 g/mol. The molecule has 5 atom stereocenters. The van der Waals surface area contributed by atoms with Crippen LogP contribution in [0.2, 0.25) is 0 Å². The number of carbonyl (C=O) groups excluding carboxylic acids is 3. The Labute approximate surface area is 358 Å². The number of nitrogens with one attached hydrogen (secondary N) is 2. The van der Waals surface area contributed by atoms with Gasteiger partial charge in [0.1, 0.15) is 6.61 Å². The van der Waals surface area contributed by atoms with Crippen LogP contribution >= 0.6 is 0 Å². The van der Waals surface area contributed by atoms with Crippen molar-refractivity contribution in [3.05, 3.63) is 120 Å². The van der Waals surface area contributed by atoms with E-state index < -0.39 is 85.7 Å². The Hall–Kier alpha value is -6.63. The molecule has 62 heavy (non-hydrogen) atoms. The van der Waals surface area contributed by atoms with Crippen molar-refractivity contribution >= 4 is 41.4 Å². The summed E-state index contributed by atoms with van der Waals surface area (Å²) in [6.45, 7) is 3.44. The van der Waals surface area contributed by atoms with E-state index in [-0.39, 0.29) is 18.9 Å². The molecular formula is C44H51N7O11. The summed E-state index contributed by atoms with van der Waals surface area (Å²) in [6.07, 6.45) is 0.777. The number of hydrogen-bond acceptors (Lipinski definition) is 13. The largest absolute Gasteiger partial charge is 0.481 e. The molecule has 0 spiro atoms. The lowest BCUT2D eigenvalue weighted by Gasteiger charge is -2.46. The number of rotatable bonds is 23. The first-order valence-corrected chi connectivity index (χ1v) is 20.1. The Morgan fingerprint density at radius 3 is 1.66 bits per heavy atom. The highest BCUT2D eigenvalue weighted by atomic mass is 16.6. The van der Waals surface area contributed by atoms with E-state index in [1.165, 1.54) is 0 Å². The second-order valence-corrected chi connectivity index (χ2v) is 15.0. The number of carboxylic acid groups (broad SMARTS) is 3. The molecule has 0 saturated carbocycles. The molecule has 2 amide bonds. The maximum absolute atomic E-state index is 13.5. The Kier molecular flexibility index (Phi) is 17.5. The molecule has 5 rings (SSSR count). The van der Waals surface area contributed by atoms with Gasteiger partial charge in [0.2, 0.25) is 11.8 Å². The Morgan fingerprint density at radius 2 is 1.16 bits per heavy atom. The summed E-state index contributed by atoms with van der Waals surface area (Å²) in [4.78, 5) is 92.0. The highest BCUT2D eigenvalue weighted by molar-refractivity contribution is 5.92. The van der Waals surface area contributed by atoms with Gasteiger partial charge in [0, 0.05) is 69.8 Å². The normalized spacial score (nSPS) is 18.5. The zero-order valence-electron chi connectivity index (χ0n) is 34.2. The topological polar surface area (TPSA) is 251 Å². The molecule has 1 aromatic carbocycles. The quantitative estimate of drug-likeness (QED) is 0.0673. The molecule has 0 radical (unpaired) electrons. The lowest BCUT2D eigenvalue weighted by Crippen LogP contribution is -2.60. The predicted octanol–water partition coefficient (Wildman–Crippen LogP) is 3.03. The van der Waals surface area contributed by atoms with Crippen LogP contribution in [-0.2, 0) is 64.3 Å². The van der Waals surface area contributed by atoms with E-state index in [0.29, 0.717) is 44.0 Å². The summed E-state index contributed by atoms with van der Waals surface area (Å²) in [7, 11) is 0. The third-order valence-corrected chi connectivity index (χ3v) is 10.3. The van der Waals surface area contributed by atoms with Gasteiger partial charge < -0.3 is 35.4 Å². The van der Waals surface area contributed by atoms with E-state index in [4.69, 9.17) is 9.47 Å². The van der Waals surface area contributed by atoms with Crippen molar-refractivity contribution in [1.82, 2.24) is 30.1 Å². The van der Waals surface area contributed by atoms with Crippen LogP contribution in [-0.4, -0.2) is 120 Å². The molecule has 4 aromatic rings. The highest BCUT2D eigenvalue weighted by Crippen LogP contribution is 2.37. The number of aliphatic carboxylic acids is 3. The van der Waals surface area contributed by atoms with Gasteiger partial charge in [-0.1, -0.05) is 30.3 Å². The highest BCUT2D eigenvalue weighted by Gasteiger charge is 2.48. The number of carboxylic acids is 3. The number of carbonyl (C=O) groups is 6. The lowest BCUT2D eigenvalue weighted by atomic mass is 9.73. The summed E-state index contributed by atoms with van der Waals surface area (Å²) in [5, 5.41) is 34.8. The average molecular weight is 854 g/mol. The fourth-order valence-corrected chi connectivity index (χ4v) is 7.51. The van der Waals surface area contributed by atoms with Crippen molar-refractivity contribution in [1.29, 1.82) is 0 Å². The molecule has 4 heterocycles. The molecule has 18 heteroatoms. The van der Waals surface area contributed by atoms with Gasteiger partial charge in [0.25, 0.3) is 0 Å². The van der Waals surface area contributed by atoms with E-state index in [1.807, 2.05) is 59.5 Å². The van der Waals surface area contributed by atoms with Crippen LogP contribution < -0.4 is 10.6 Å². The molecule has 0 bridgehead atoms. The van der Waals surface area contributed by atoms with Crippen molar-refractivity contribution in [2.24, 2.45) is 11.8 Å². The summed E-state index contributed by atoms with van der Waals surface area (Å²) < 4.78 is 11.0. The second-order valence-electron chi connectivity index (χ2n) is 15.0. The number of anilines is 1. The Morgan fingerprint density at radius 1 is 0.645 bits per heavy atom. The van der Waals surface area contributed by atoms with Crippen LogP contribution in [0.3, 0.4) is 0 Å². The van der Waals surface area contributed by atoms with Gasteiger partial charge in [-0.05, 0) is 60.0 Å². The smallest absolute Gasteiger partial charge is 0.306 e. The van der Waals surface area contributed by atoms with Gasteiger partial charge in [-0.15, -0.1) is 0 Å². The Balaban J connectivity index is 1.24. The zero-order valence-corrected chi connectivity index (χ0v) is 34.2. The molecule has 0 aliphatic carbocycles. The van der Waals surface area contributed by atoms with Gasteiger partial charge in [-0.3, -0.25) is 53.5 Å². The minimum Gasteiger partial charge on any atom is -0.481 e. The molecule has 1 saturated heterocycles. The number of amides is 2. The van der Waals surface area contributed by atoms with Crippen molar-refractivity contribution in [3.8, 4) is 0 Å². The molecule has 5 N–H and O–H groups in total. The van der Waals surface area contributed by atoms with Crippen molar-refractivity contribution in [3.63, 3.8) is 0 Å². The first kappa shape index (κ1) is 46.4. The van der Waals surface area contributed by atoms with E-state index in [9.17, 15) is 44.1 Å². The van der Waals surface area contributed by atoms with Gasteiger partial charge in [-0.25, -0.2) is 0 Å². The molecule has 3 aromatic heterocycles. The van der Waals surface area contributed by atoms with Crippen LogP contribution in [0.25, 0.3) is 0 Å². The number of esters is 1. The fraction of sp³-hybridized carbons (Fsp3) is 0.386. The zero-order chi connectivity index (χ0) is 44.4. The molecule has 1 unspecified atom stereocenters. The number of ether oxygens (including phenoxy) is 2. The van der Waals surface area contributed by atoms with E-state index in [0.717, 1.165) is 24.0 Å². The SMILES string of the molecule is CC(=O)OC[C@@H]1OC(CC(=O)O)[C@H](NC(=O)Cc2ccc(NC(=O)CN(CCN(Cc3ccccn3)Cc3ccccn3)Cc3ccccn3)cc2)[C@H](CC(=O)O)[C@@H]1CC(=O)O. The number of benzene rings is 1. The van der Waals surface area contributed by atoms with Crippen molar-refractivity contribution in [2.75, 3.05) is 31.6 Å². The molecule has 18 nitrogen and oxygen atoms in total. The third kappa shape index (κ3) is 15.4. The number of aromatic nitrogens is 3. The summed E-state index contributed by atoms with van der Waals surface area (Å²) in [5.41, 5.74) is 3.60. The molecule has 1 fully saturated rings. The number of hydrogen-bond donors (Lipinski definition) is 5. The molecule has 328 valence electrons. The van der Waals surface area contributed by atoms with E-state index in [1.54, 1.807) is 42.9 Å². The van der Waals surface area contributed by atoms with Crippen molar-refractivity contribution in [2.45, 2.75) is 70.5 Å². The standard InChI is InChI=1S/C44H51N7O11/c1-29(52)61-28-38-35(21-41(55)56)36(22-42(57)58)44(37(62-38)23-43(59)60)49-39(53)20-30-11-13-31(14-12-30)48-40(54)27-51(26-34-10-4-7-17-47-34)19-18-50(24-32-8-2-5-15-45-32)25-33-9-3-6-16-46-33/h2-17,35-38,44H,18-28H2,1H3,(H,48,54)(H,49,53)(H,55,56)(H,57,58)(H,59,60)/t35-,36+,37?,38-,44+/m0/s1. The number of pyridine rings is 3. The number of nitrogens with zero attached hydrogens (tertiary/aromatic N) is 5. The maximum Gasteiger partial charge on any atom is 0.306 e. The van der Waals surface area contributed by atoms with E-state index >= 15 is 0 Å². The van der Waals surface area contributed by atoms with Crippen LogP contribution in [0.5, 0.6) is 0 Å². The summed E-state index contributed by atoms with van der Waals surface area (Å²) >= 11 is 0. The van der Waals surface area contributed by atoms with Gasteiger partial charge in [-0.2, -0.15) is 0 Å². The fourth-order valence-electron chi connectivity index (χ4n) is 7.51. The van der Waals surface area contributed by atoms with Crippen molar-refractivity contribution < 1.29 is 53.6 Å². The second kappa shape index (κ2) is 23.4. The minimum atomic E-state index is -1.30. The maximum atomic E-state index is 13.5. The van der Waals surface area contributed by atoms with Crippen LogP contribution in [0, 0.1) is 11.8 Å². The van der Waals surface area contributed by atoms with Gasteiger partial charge in [0.15, 0.2) is 0 Å². The summed E-state index contributed by atoms with van der Waals surface area (Å²) in [6, 6.07) is 22.5. The van der Waals surface area contributed by atoms with Gasteiger partial charge >= 0.3 is 23.9 Å². The average Bonchev–Trinajstić information content (AvgIpc) is 3.22. The Bertz CT molecular complexity index is 2060. The summed E-state index contributed by atoms with van der Waals surface area (Å²) in [5.74, 6) is -7.57. The van der Waals surface area contributed by atoms with Gasteiger partial charge in [0.05, 0.1) is 67.6 Å². The van der Waals surface area contributed by atoms with E-state index in [2.05, 4.69) is 30.5 Å². The van der Waals surface area contributed by atoms with Crippen LogP contribution in [0.1, 0.15) is 48.8 Å². The van der Waals surface area contributed by atoms with Crippen LogP contribution in [0.15, 0.2) is 97.5 Å².